The molecule has 2 aromatic rings. The van der Waals surface area contributed by atoms with Crippen LogP contribution in [0.1, 0.15) is 12.8 Å². The third kappa shape index (κ3) is 4.48. The van der Waals surface area contributed by atoms with Gasteiger partial charge in [0, 0.05) is 23.2 Å². The molecule has 8 heteroatoms. The van der Waals surface area contributed by atoms with Crippen molar-refractivity contribution in [1.29, 1.82) is 0 Å². The van der Waals surface area contributed by atoms with Crippen molar-refractivity contribution >= 4 is 45.0 Å². The van der Waals surface area contributed by atoms with E-state index in [1.807, 2.05) is 36.4 Å². The van der Waals surface area contributed by atoms with Crippen LogP contribution in [-0.4, -0.2) is 48.9 Å². The Kier molecular flexibility index (Phi) is 6.03. The van der Waals surface area contributed by atoms with Crippen LogP contribution in [-0.2, 0) is 14.4 Å². The molecule has 7 nitrogen and oxygen atoms in total. The highest BCUT2D eigenvalue weighted by Gasteiger charge is 2.32. The van der Waals surface area contributed by atoms with E-state index in [9.17, 15) is 14.4 Å². The second-order valence-electron chi connectivity index (χ2n) is 7.41. The number of benzene rings is 2. The maximum Gasteiger partial charge on any atom is 0.265 e. The molecular formula is C22H22BrN3O4. The number of rotatable bonds is 4. The molecule has 0 radical (unpaired) electrons. The van der Waals surface area contributed by atoms with E-state index in [4.69, 9.17) is 4.74 Å². The van der Waals surface area contributed by atoms with Crippen LogP contribution in [0, 0.1) is 5.92 Å². The molecule has 0 bridgehead atoms. The van der Waals surface area contributed by atoms with Crippen LogP contribution in [0.5, 0.6) is 5.75 Å². The fourth-order valence-electron chi connectivity index (χ4n) is 3.77. The molecule has 2 aliphatic heterocycles. The quantitative estimate of drug-likeness (QED) is 0.742. The second kappa shape index (κ2) is 8.87. The van der Waals surface area contributed by atoms with Gasteiger partial charge in [0.1, 0.15) is 12.3 Å². The molecule has 30 heavy (non-hydrogen) atoms. The van der Waals surface area contributed by atoms with Crippen molar-refractivity contribution < 1.29 is 19.1 Å². The molecule has 1 atom stereocenters. The molecule has 2 heterocycles. The van der Waals surface area contributed by atoms with Crippen LogP contribution in [0.3, 0.4) is 0 Å². The van der Waals surface area contributed by atoms with Gasteiger partial charge in [-0.3, -0.25) is 19.3 Å². The van der Waals surface area contributed by atoms with Gasteiger partial charge in [0.05, 0.1) is 11.6 Å². The molecule has 0 aromatic heterocycles. The van der Waals surface area contributed by atoms with Gasteiger partial charge in [-0.1, -0.05) is 34.1 Å². The van der Waals surface area contributed by atoms with E-state index < -0.39 is 0 Å². The number of likely N-dealkylation sites (tertiary alicyclic amines) is 1. The van der Waals surface area contributed by atoms with Gasteiger partial charge >= 0.3 is 0 Å². The number of ether oxygens (including phenoxy) is 1. The summed E-state index contributed by atoms with van der Waals surface area (Å²) in [7, 11) is 0. The van der Waals surface area contributed by atoms with Crippen molar-refractivity contribution in [3.63, 3.8) is 0 Å². The summed E-state index contributed by atoms with van der Waals surface area (Å²) in [6, 6.07) is 14.6. The fraction of sp³-hybridized carbons (Fsp3) is 0.318. The van der Waals surface area contributed by atoms with Crippen LogP contribution in [0.2, 0.25) is 0 Å². The summed E-state index contributed by atoms with van der Waals surface area (Å²) < 4.78 is 6.32. The van der Waals surface area contributed by atoms with Crippen LogP contribution in [0.15, 0.2) is 53.0 Å². The number of carbonyl (C=O) groups excluding carboxylic acids is 3. The number of nitrogens with zero attached hydrogens (tertiary/aromatic N) is 2. The third-order valence-electron chi connectivity index (χ3n) is 5.34. The number of hydrogen-bond donors (Lipinski definition) is 1. The molecule has 1 fully saturated rings. The third-order valence-corrected chi connectivity index (χ3v) is 5.84. The van der Waals surface area contributed by atoms with E-state index in [0.717, 1.165) is 23.0 Å². The molecule has 4 rings (SSSR count). The van der Waals surface area contributed by atoms with E-state index in [1.165, 1.54) is 4.90 Å². The number of carbonyl (C=O) groups is 3. The highest BCUT2D eigenvalue weighted by molar-refractivity contribution is 9.10. The van der Waals surface area contributed by atoms with Gasteiger partial charge in [-0.2, -0.15) is 0 Å². The summed E-state index contributed by atoms with van der Waals surface area (Å²) in [5, 5.41) is 2.92. The normalized spacial score (nSPS) is 18.4. The van der Waals surface area contributed by atoms with Gasteiger partial charge in [-0.15, -0.1) is 0 Å². The number of nitrogens with one attached hydrogen (secondary N) is 1. The summed E-state index contributed by atoms with van der Waals surface area (Å²) in [6.07, 6.45) is 1.48. The SMILES string of the molecule is O=C(Nc1ccccc1)C1CCCN(C(=O)CN2C(=O)COc3cc(Br)ccc32)C1. The van der Waals surface area contributed by atoms with E-state index in [1.54, 1.807) is 17.0 Å². The summed E-state index contributed by atoms with van der Waals surface area (Å²) >= 11 is 3.39. The number of anilines is 2. The van der Waals surface area contributed by atoms with Gasteiger partial charge in [-0.05, 0) is 43.2 Å². The lowest BCUT2D eigenvalue weighted by Crippen LogP contribution is -2.50. The lowest BCUT2D eigenvalue weighted by Gasteiger charge is -2.35. The average Bonchev–Trinajstić information content (AvgIpc) is 2.76. The van der Waals surface area contributed by atoms with Gasteiger partial charge in [0.2, 0.25) is 11.8 Å². The van der Waals surface area contributed by atoms with Crippen molar-refractivity contribution in [3.05, 3.63) is 53.0 Å². The smallest absolute Gasteiger partial charge is 0.265 e. The minimum absolute atomic E-state index is 0.0656. The highest BCUT2D eigenvalue weighted by atomic mass is 79.9. The number of para-hydroxylation sites is 1. The minimum Gasteiger partial charge on any atom is -0.482 e. The van der Waals surface area contributed by atoms with Gasteiger partial charge in [0.15, 0.2) is 6.61 Å². The maximum absolute atomic E-state index is 13.0. The summed E-state index contributed by atoms with van der Waals surface area (Å²) in [5.74, 6) is -0.219. The Bertz CT molecular complexity index is 966. The number of hydrogen-bond acceptors (Lipinski definition) is 4. The van der Waals surface area contributed by atoms with Gasteiger partial charge in [-0.25, -0.2) is 0 Å². The fourth-order valence-corrected chi connectivity index (χ4v) is 4.11. The Balaban J connectivity index is 1.41. The van der Waals surface area contributed by atoms with Crippen LogP contribution in [0.25, 0.3) is 0 Å². The maximum atomic E-state index is 13.0. The van der Waals surface area contributed by atoms with E-state index in [-0.39, 0.29) is 36.8 Å². The minimum atomic E-state index is -0.272. The Hall–Kier alpha value is -2.87. The predicted octanol–water partition coefficient (Wildman–Crippen LogP) is 3.05. The Morgan fingerprint density at radius 3 is 2.77 bits per heavy atom. The zero-order valence-corrected chi connectivity index (χ0v) is 17.9. The lowest BCUT2D eigenvalue weighted by molar-refractivity contribution is -0.135. The first-order valence-electron chi connectivity index (χ1n) is 9.87. The molecule has 1 N–H and O–H groups in total. The van der Waals surface area contributed by atoms with E-state index in [0.29, 0.717) is 24.5 Å². The standard InChI is InChI=1S/C22H22BrN3O4/c23-16-8-9-18-19(11-16)30-14-21(28)26(18)13-20(27)25-10-4-5-15(12-25)22(29)24-17-6-2-1-3-7-17/h1-3,6-9,11,15H,4-5,10,12-14H2,(H,24,29). The van der Waals surface area contributed by atoms with Crippen molar-refractivity contribution in [2.75, 3.05) is 36.5 Å². The first-order chi connectivity index (χ1) is 14.5. The molecule has 0 spiro atoms. The average molecular weight is 472 g/mol. The topological polar surface area (TPSA) is 79.0 Å². The summed E-state index contributed by atoms with van der Waals surface area (Å²) in [6.45, 7) is 0.769. The van der Waals surface area contributed by atoms with Gasteiger partial charge in [0.25, 0.3) is 5.91 Å². The first-order valence-corrected chi connectivity index (χ1v) is 10.7. The molecule has 2 aromatic carbocycles. The van der Waals surface area contributed by atoms with E-state index >= 15 is 0 Å². The number of fused-ring (bicyclic) bond motifs is 1. The molecule has 0 aliphatic carbocycles. The Morgan fingerprint density at radius 1 is 1.17 bits per heavy atom. The van der Waals surface area contributed by atoms with Gasteiger partial charge < -0.3 is 15.0 Å². The number of amides is 3. The zero-order chi connectivity index (χ0) is 21.1. The summed E-state index contributed by atoms with van der Waals surface area (Å²) in [4.78, 5) is 41.1. The zero-order valence-electron chi connectivity index (χ0n) is 16.3. The molecule has 156 valence electrons. The van der Waals surface area contributed by atoms with Crippen molar-refractivity contribution in [2.45, 2.75) is 12.8 Å². The molecule has 0 saturated carbocycles. The van der Waals surface area contributed by atoms with Crippen molar-refractivity contribution in [2.24, 2.45) is 5.92 Å². The van der Waals surface area contributed by atoms with Crippen molar-refractivity contribution in [1.82, 2.24) is 4.90 Å². The van der Waals surface area contributed by atoms with E-state index in [2.05, 4.69) is 21.2 Å². The van der Waals surface area contributed by atoms with Crippen LogP contribution in [0.4, 0.5) is 11.4 Å². The largest absolute Gasteiger partial charge is 0.482 e. The van der Waals surface area contributed by atoms with Crippen molar-refractivity contribution in [3.8, 4) is 5.75 Å². The predicted molar refractivity (Wildman–Crippen MR) is 116 cm³/mol. The number of piperidine rings is 1. The number of halogens is 1. The summed E-state index contributed by atoms with van der Waals surface area (Å²) in [5.41, 5.74) is 1.32. The van der Waals surface area contributed by atoms with Crippen LogP contribution < -0.4 is 15.0 Å². The monoisotopic (exact) mass is 471 g/mol. The first kappa shape index (κ1) is 20.4. The second-order valence-corrected chi connectivity index (χ2v) is 8.33. The van der Waals surface area contributed by atoms with Crippen LogP contribution >= 0.6 is 15.9 Å². The molecule has 1 unspecified atom stereocenters. The molecule has 1 saturated heterocycles. The Morgan fingerprint density at radius 2 is 1.97 bits per heavy atom. The highest BCUT2D eigenvalue weighted by Crippen LogP contribution is 2.34. The Labute approximate surface area is 183 Å². The molecule has 2 aliphatic rings. The molecular weight excluding hydrogens is 450 g/mol. The molecule has 3 amide bonds. The lowest BCUT2D eigenvalue weighted by atomic mass is 9.97.